The molecule has 1 aliphatic rings. The molecule has 7 heteroatoms. The molecule has 2 aromatic carbocycles. The van der Waals surface area contributed by atoms with Gasteiger partial charge in [-0.3, -0.25) is 14.5 Å². The average Bonchev–Trinajstić information content (AvgIpc) is 2.89. The summed E-state index contributed by atoms with van der Waals surface area (Å²) in [6.45, 7) is 0.203. The van der Waals surface area contributed by atoms with Gasteiger partial charge < -0.3 is 4.74 Å². The smallest absolute Gasteiger partial charge is 0.331 e. The zero-order chi connectivity index (χ0) is 20.8. The quantitative estimate of drug-likeness (QED) is 0.446. The molecule has 1 saturated heterocycles. The summed E-state index contributed by atoms with van der Waals surface area (Å²) in [5, 5.41) is 0. The summed E-state index contributed by atoms with van der Waals surface area (Å²) >= 11 is 0. The first kappa shape index (κ1) is 20.4. The van der Waals surface area contributed by atoms with Gasteiger partial charge in [-0.2, -0.15) is 0 Å². The Balaban J connectivity index is 1.67. The van der Waals surface area contributed by atoms with Crippen LogP contribution in [0.4, 0.5) is 8.78 Å². The fourth-order valence-corrected chi connectivity index (χ4v) is 2.98. The molecule has 150 valence electrons. The van der Waals surface area contributed by atoms with Gasteiger partial charge in [-0.1, -0.05) is 12.1 Å². The van der Waals surface area contributed by atoms with Crippen LogP contribution in [-0.4, -0.2) is 35.3 Å². The number of likely N-dealkylation sites (tertiary alicyclic amines) is 1. The second kappa shape index (κ2) is 9.23. The van der Waals surface area contributed by atoms with Crippen LogP contribution in [0.3, 0.4) is 0 Å². The molecule has 2 amide bonds. The van der Waals surface area contributed by atoms with E-state index in [0.29, 0.717) is 24.8 Å². The van der Waals surface area contributed by atoms with Crippen molar-refractivity contribution in [3.8, 4) is 0 Å². The molecule has 1 aliphatic heterocycles. The van der Waals surface area contributed by atoms with Crippen LogP contribution in [0.25, 0.3) is 6.08 Å². The minimum absolute atomic E-state index is 0.183. The van der Waals surface area contributed by atoms with Crippen molar-refractivity contribution in [1.82, 2.24) is 4.90 Å². The number of esters is 1. The van der Waals surface area contributed by atoms with Crippen LogP contribution in [-0.2, 0) is 14.3 Å². The van der Waals surface area contributed by atoms with Crippen LogP contribution in [0.5, 0.6) is 0 Å². The van der Waals surface area contributed by atoms with Crippen LogP contribution in [0, 0.1) is 11.6 Å². The maximum Gasteiger partial charge on any atom is 0.331 e. The molecule has 0 aromatic heterocycles. The summed E-state index contributed by atoms with van der Waals surface area (Å²) in [5.41, 5.74) is 0.784. The van der Waals surface area contributed by atoms with Crippen molar-refractivity contribution in [2.45, 2.75) is 25.4 Å². The number of carbonyl (C=O) groups is 3. The number of ether oxygens (including phenoxy) is 1. The molecule has 0 aliphatic carbocycles. The number of amides is 2. The Hall–Kier alpha value is -3.35. The van der Waals surface area contributed by atoms with Crippen molar-refractivity contribution < 1.29 is 27.9 Å². The summed E-state index contributed by atoms with van der Waals surface area (Å²) < 4.78 is 31.3. The molecule has 1 unspecified atom stereocenters. The van der Waals surface area contributed by atoms with E-state index < -0.39 is 29.7 Å². The number of carbonyl (C=O) groups excluding carboxylic acids is 3. The summed E-state index contributed by atoms with van der Waals surface area (Å²) in [5.74, 6) is -2.76. The summed E-state index contributed by atoms with van der Waals surface area (Å²) in [6.07, 6.45) is 3.02. The Morgan fingerprint density at radius 2 is 1.59 bits per heavy atom. The Morgan fingerprint density at radius 3 is 2.24 bits per heavy atom. The first-order chi connectivity index (χ1) is 13.9. The maximum absolute atomic E-state index is 13.1. The van der Waals surface area contributed by atoms with Crippen LogP contribution in [0.1, 0.15) is 35.2 Å². The van der Waals surface area contributed by atoms with E-state index in [-0.39, 0.29) is 17.9 Å². The number of imide groups is 1. The molecule has 2 aromatic rings. The van der Waals surface area contributed by atoms with Gasteiger partial charge in [0.1, 0.15) is 11.6 Å². The molecule has 0 spiro atoms. The van der Waals surface area contributed by atoms with E-state index >= 15 is 0 Å². The second-order valence-electron chi connectivity index (χ2n) is 6.61. The van der Waals surface area contributed by atoms with Crippen molar-refractivity contribution in [1.29, 1.82) is 0 Å². The molecule has 0 N–H and O–H groups in total. The Bertz CT molecular complexity index is 923. The van der Waals surface area contributed by atoms with Crippen LogP contribution in [0.15, 0.2) is 54.6 Å². The van der Waals surface area contributed by atoms with Gasteiger partial charge in [0, 0.05) is 18.2 Å². The van der Waals surface area contributed by atoms with E-state index in [1.165, 1.54) is 42.5 Å². The normalized spacial score (nSPS) is 17.2. The summed E-state index contributed by atoms with van der Waals surface area (Å²) in [7, 11) is 0. The molecule has 3 rings (SSSR count). The Morgan fingerprint density at radius 1 is 0.966 bits per heavy atom. The molecule has 1 atom stereocenters. The highest BCUT2D eigenvalue weighted by molar-refractivity contribution is 6.06. The lowest BCUT2D eigenvalue weighted by Crippen LogP contribution is -2.43. The predicted molar refractivity (Wildman–Crippen MR) is 102 cm³/mol. The molecule has 0 bridgehead atoms. The highest BCUT2D eigenvalue weighted by atomic mass is 19.1. The SMILES string of the molecule is O=C(/C=C/c1ccc(F)cc1)OC1CCCCN(C(=O)c2ccc(F)cc2)C1=O. The zero-order valence-electron chi connectivity index (χ0n) is 15.5. The summed E-state index contributed by atoms with van der Waals surface area (Å²) in [6, 6.07) is 10.4. The van der Waals surface area contributed by atoms with Crippen molar-refractivity contribution in [2.24, 2.45) is 0 Å². The molecule has 5 nitrogen and oxygen atoms in total. The zero-order valence-corrected chi connectivity index (χ0v) is 15.5. The van der Waals surface area contributed by atoms with Gasteiger partial charge in [-0.25, -0.2) is 13.6 Å². The van der Waals surface area contributed by atoms with Gasteiger partial charge in [0.05, 0.1) is 0 Å². The number of hydrogen-bond donors (Lipinski definition) is 0. The van der Waals surface area contributed by atoms with Gasteiger partial charge >= 0.3 is 5.97 Å². The van der Waals surface area contributed by atoms with Crippen LogP contribution < -0.4 is 0 Å². The molecular weight excluding hydrogens is 380 g/mol. The largest absolute Gasteiger partial charge is 0.449 e. The fourth-order valence-electron chi connectivity index (χ4n) is 2.98. The van der Waals surface area contributed by atoms with E-state index in [4.69, 9.17) is 4.74 Å². The van der Waals surface area contributed by atoms with E-state index in [9.17, 15) is 23.2 Å². The van der Waals surface area contributed by atoms with Crippen LogP contribution >= 0.6 is 0 Å². The van der Waals surface area contributed by atoms with Crippen molar-refractivity contribution >= 4 is 23.9 Å². The standard InChI is InChI=1S/C22H19F2NO4/c23-17-9-4-15(5-10-17)6-13-20(26)29-19-3-1-2-14-25(22(19)28)21(27)16-7-11-18(24)12-8-16/h4-13,19H,1-3,14H2/b13-6+. The third-order valence-electron chi connectivity index (χ3n) is 4.52. The number of rotatable bonds is 4. The summed E-state index contributed by atoms with van der Waals surface area (Å²) in [4.78, 5) is 38.6. The second-order valence-corrected chi connectivity index (χ2v) is 6.61. The number of nitrogens with zero attached hydrogens (tertiary/aromatic N) is 1. The predicted octanol–water partition coefficient (Wildman–Crippen LogP) is 3.74. The lowest BCUT2D eigenvalue weighted by molar-refractivity contribution is -0.154. The van der Waals surface area contributed by atoms with Gasteiger partial charge in [0.2, 0.25) is 0 Å². The van der Waals surface area contributed by atoms with Gasteiger partial charge in [0.25, 0.3) is 11.8 Å². The lowest BCUT2D eigenvalue weighted by Gasteiger charge is -2.22. The number of halogens is 2. The first-order valence-electron chi connectivity index (χ1n) is 9.19. The van der Waals surface area contributed by atoms with E-state index in [1.54, 1.807) is 0 Å². The van der Waals surface area contributed by atoms with Gasteiger partial charge in [0.15, 0.2) is 6.10 Å². The maximum atomic E-state index is 13.1. The average molecular weight is 399 g/mol. The highest BCUT2D eigenvalue weighted by Crippen LogP contribution is 2.18. The number of hydrogen-bond acceptors (Lipinski definition) is 4. The fraction of sp³-hybridized carbons (Fsp3) is 0.227. The third kappa shape index (κ3) is 5.34. The molecule has 0 saturated carbocycles. The lowest BCUT2D eigenvalue weighted by atomic mass is 10.1. The topological polar surface area (TPSA) is 63.7 Å². The van der Waals surface area contributed by atoms with Gasteiger partial charge in [-0.15, -0.1) is 0 Å². The third-order valence-corrected chi connectivity index (χ3v) is 4.52. The van der Waals surface area contributed by atoms with Crippen molar-refractivity contribution in [3.63, 3.8) is 0 Å². The van der Waals surface area contributed by atoms with E-state index in [2.05, 4.69) is 0 Å². The molecule has 1 fully saturated rings. The molecule has 0 radical (unpaired) electrons. The molecule has 29 heavy (non-hydrogen) atoms. The van der Waals surface area contributed by atoms with Gasteiger partial charge in [-0.05, 0) is 67.3 Å². The minimum Gasteiger partial charge on any atom is -0.449 e. The van der Waals surface area contributed by atoms with Crippen molar-refractivity contribution in [2.75, 3.05) is 6.54 Å². The minimum atomic E-state index is -1.08. The number of benzene rings is 2. The highest BCUT2D eigenvalue weighted by Gasteiger charge is 2.33. The van der Waals surface area contributed by atoms with E-state index in [0.717, 1.165) is 23.1 Å². The Kier molecular flexibility index (Phi) is 6.49. The monoisotopic (exact) mass is 399 g/mol. The molecular formula is C22H19F2NO4. The first-order valence-corrected chi connectivity index (χ1v) is 9.19. The Labute approximate surface area is 166 Å². The van der Waals surface area contributed by atoms with Crippen LogP contribution in [0.2, 0.25) is 0 Å². The molecule has 1 heterocycles. The van der Waals surface area contributed by atoms with E-state index in [1.807, 2.05) is 0 Å². The van der Waals surface area contributed by atoms with Crippen molar-refractivity contribution in [3.05, 3.63) is 77.4 Å².